The number of carbonyl (C=O) groups is 2. The molecular formula is C15H15F2N3O2S. The van der Waals surface area contributed by atoms with Gasteiger partial charge >= 0.3 is 0 Å². The topological polar surface area (TPSA) is 61.8 Å². The van der Waals surface area contributed by atoms with Crippen LogP contribution in [0.5, 0.6) is 0 Å². The number of likely N-dealkylation sites (tertiary alicyclic amines) is 1. The molecule has 3 rings (SSSR count). The third kappa shape index (κ3) is 3.69. The summed E-state index contributed by atoms with van der Waals surface area (Å²) in [5.74, 6) is -2.41. The van der Waals surface area contributed by atoms with Crippen molar-refractivity contribution >= 4 is 34.4 Å². The minimum atomic E-state index is -0.849. The molecule has 0 radical (unpaired) electrons. The van der Waals surface area contributed by atoms with Gasteiger partial charge in [-0.1, -0.05) is 11.8 Å². The molecule has 0 bridgehead atoms. The maximum Gasteiger partial charge on any atom is 0.262 e. The molecule has 0 aliphatic carbocycles. The summed E-state index contributed by atoms with van der Waals surface area (Å²) in [4.78, 5) is 29.9. The fourth-order valence-corrected chi connectivity index (χ4v) is 3.63. The minimum Gasteiger partial charge on any atom is -0.351 e. The molecule has 0 aromatic heterocycles. The number of amidine groups is 1. The molecule has 2 aliphatic rings. The first-order chi connectivity index (χ1) is 11.0. The van der Waals surface area contributed by atoms with Gasteiger partial charge in [-0.3, -0.25) is 9.59 Å². The summed E-state index contributed by atoms with van der Waals surface area (Å²) in [7, 11) is 0. The first kappa shape index (κ1) is 15.9. The highest BCUT2D eigenvalue weighted by Gasteiger charge is 2.33. The smallest absolute Gasteiger partial charge is 0.262 e. The Kier molecular flexibility index (Phi) is 4.61. The lowest BCUT2D eigenvalue weighted by Gasteiger charge is -2.16. The van der Waals surface area contributed by atoms with E-state index in [4.69, 9.17) is 0 Å². The highest BCUT2D eigenvalue weighted by Crippen LogP contribution is 2.29. The Morgan fingerprint density at radius 1 is 1.35 bits per heavy atom. The van der Waals surface area contributed by atoms with Gasteiger partial charge < -0.3 is 10.2 Å². The van der Waals surface area contributed by atoms with Crippen molar-refractivity contribution in [2.24, 2.45) is 4.99 Å². The predicted octanol–water partition coefficient (Wildman–Crippen LogP) is 2.39. The molecular weight excluding hydrogens is 324 g/mol. The Bertz CT molecular complexity index is 675. The molecule has 1 fully saturated rings. The average molecular weight is 339 g/mol. The third-order valence-electron chi connectivity index (χ3n) is 3.68. The van der Waals surface area contributed by atoms with Gasteiger partial charge in [0.15, 0.2) is 5.17 Å². The van der Waals surface area contributed by atoms with Crippen molar-refractivity contribution in [3.8, 4) is 0 Å². The molecule has 1 aromatic rings. The zero-order valence-electron chi connectivity index (χ0n) is 12.2. The van der Waals surface area contributed by atoms with E-state index >= 15 is 0 Å². The van der Waals surface area contributed by atoms with Crippen LogP contribution in [0.25, 0.3) is 0 Å². The Hall–Kier alpha value is -1.96. The molecule has 0 saturated carbocycles. The Morgan fingerprint density at radius 2 is 2.09 bits per heavy atom. The summed E-state index contributed by atoms with van der Waals surface area (Å²) in [6, 6.07) is 2.90. The number of hydrogen-bond acceptors (Lipinski definition) is 4. The number of hydrogen-bond donors (Lipinski definition) is 1. The van der Waals surface area contributed by atoms with Gasteiger partial charge in [-0.2, -0.15) is 4.99 Å². The number of nitrogens with one attached hydrogen (secondary N) is 1. The zero-order valence-corrected chi connectivity index (χ0v) is 13.0. The molecule has 2 heterocycles. The molecule has 5 nitrogen and oxygen atoms in total. The Labute approximate surface area is 136 Å². The summed E-state index contributed by atoms with van der Waals surface area (Å²) in [6.07, 6.45) is 2.05. The summed E-state index contributed by atoms with van der Waals surface area (Å²) in [5, 5.41) is 2.43. The fourth-order valence-electron chi connectivity index (χ4n) is 2.51. The lowest BCUT2D eigenvalue weighted by Crippen LogP contribution is -2.25. The number of rotatable bonds is 3. The molecule has 1 atom stereocenters. The maximum absolute atomic E-state index is 13.5. The molecule has 1 N–H and O–H groups in total. The van der Waals surface area contributed by atoms with Crippen LogP contribution in [0.2, 0.25) is 0 Å². The predicted molar refractivity (Wildman–Crippen MR) is 84.2 cm³/mol. The number of benzene rings is 1. The zero-order chi connectivity index (χ0) is 16.4. The van der Waals surface area contributed by atoms with Gasteiger partial charge in [0.25, 0.3) is 5.91 Å². The van der Waals surface area contributed by atoms with E-state index in [1.54, 1.807) is 0 Å². The van der Waals surface area contributed by atoms with Crippen LogP contribution in [0.4, 0.5) is 14.5 Å². The average Bonchev–Trinajstić information content (AvgIpc) is 3.13. The molecule has 0 unspecified atom stereocenters. The SMILES string of the molecule is O=C(C[C@H]1SC(N2CCCC2)=NC1=O)Nc1ccc(F)cc1F. The summed E-state index contributed by atoms with van der Waals surface area (Å²) < 4.78 is 26.3. The second-order valence-corrected chi connectivity index (χ2v) is 6.58. The van der Waals surface area contributed by atoms with E-state index < -0.39 is 22.8 Å². The van der Waals surface area contributed by atoms with Gasteiger partial charge in [0.05, 0.1) is 5.69 Å². The monoisotopic (exact) mass is 339 g/mol. The largest absolute Gasteiger partial charge is 0.351 e. The van der Waals surface area contributed by atoms with E-state index in [2.05, 4.69) is 10.3 Å². The Balaban J connectivity index is 1.57. The van der Waals surface area contributed by atoms with Gasteiger partial charge in [0.1, 0.15) is 16.9 Å². The number of carbonyl (C=O) groups excluding carboxylic acids is 2. The van der Waals surface area contributed by atoms with E-state index in [9.17, 15) is 18.4 Å². The van der Waals surface area contributed by atoms with Crippen molar-refractivity contribution in [1.82, 2.24) is 4.90 Å². The number of nitrogens with zero attached hydrogens (tertiary/aromatic N) is 2. The van der Waals surface area contributed by atoms with E-state index in [0.29, 0.717) is 11.2 Å². The number of thioether (sulfide) groups is 1. The van der Waals surface area contributed by atoms with Crippen LogP contribution >= 0.6 is 11.8 Å². The lowest BCUT2D eigenvalue weighted by atomic mass is 10.2. The standard InChI is InChI=1S/C15H15F2N3O2S/c16-9-3-4-11(10(17)7-9)18-13(21)8-12-14(22)19-15(23-12)20-5-1-2-6-20/h3-4,7,12H,1-2,5-6,8H2,(H,18,21)/t12-/m1/s1. The number of anilines is 1. The van der Waals surface area contributed by atoms with Gasteiger partial charge in [0, 0.05) is 25.6 Å². The van der Waals surface area contributed by atoms with Gasteiger partial charge in [-0.05, 0) is 25.0 Å². The second-order valence-electron chi connectivity index (χ2n) is 5.41. The van der Waals surface area contributed by atoms with E-state index in [0.717, 1.165) is 38.1 Å². The lowest BCUT2D eigenvalue weighted by molar-refractivity contribution is -0.121. The van der Waals surface area contributed by atoms with Crippen LogP contribution in [0.1, 0.15) is 19.3 Å². The molecule has 0 spiro atoms. The molecule has 1 saturated heterocycles. The molecule has 122 valence electrons. The first-order valence-corrected chi connectivity index (χ1v) is 8.20. The van der Waals surface area contributed by atoms with E-state index in [1.165, 1.54) is 11.8 Å². The van der Waals surface area contributed by atoms with Crippen LogP contribution in [-0.2, 0) is 9.59 Å². The highest BCUT2D eigenvalue weighted by molar-refractivity contribution is 8.15. The van der Waals surface area contributed by atoms with Crippen molar-refractivity contribution < 1.29 is 18.4 Å². The van der Waals surface area contributed by atoms with E-state index in [1.807, 2.05) is 4.90 Å². The first-order valence-electron chi connectivity index (χ1n) is 7.32. The molecule has 23 heavy (non-hydrogen) atoms. The van der Waals surface area contributed by atoms with Crippen molar-refractivity contribution in [1.29, 1.82) is 0 Å². The quantitative estimate of drug-likeness (QED) is 0.918. The summed E-state index contributed by atoms with van der Waals surface area (Å²) in [5.41, 5.74) is -0.104. The van der Waals surface area contributed by atoms with Gasteiger partial charge in [-0.15, -0.1) is 0 Å². The van der Waals surface area contributed by atoms with Crippen LogP contribution in [-0.4, -0.2) is 40.2 Å². The third-order valence-corrected chi connectivity index (χ3v) is 4.89. The van der Waals surface area contributed by atoms with Crippen LogP contribution in [0, 0.1) is 11.6 Å². The van der Waals surface area contributed by atoms with Crippen LogP contribution < -0.4 is 5.32 Å². The maximum atomic E-state index is 13.5. The fraction of sp³-hybridized carbons (Fsp3) is 0.400. The molecule has 8 heteroatoms. The molecule has 2 amide bonds. The van der Waals surface area contributed by atoms with Crippen LogP contribution in [0.15, 0.2) is 23.2 Å². The Morgan fingerprint density at radius 3 is 2.78 bits per heavy atom. The second kappa shape index (κ2) is 6.66. The number of halogens is 2. The summed E-state index contributed by atoms with van der Waals surface area (Å²) in [6.45, 7) is 1.75. The van der Waals surface area contributed by atoms with Gasteiger partial charge in [0.2, 0.25) is 5.91 Å². The number of aliphatic imine (C=N–C) groups is 1. The summed E-state index contributed by atoms with van der Waals surface area (Å²) >= 11 is 1.27. The molecule has 2 aliphatic heterocycles. The minimum absolute atomic E-state index is 0.0961. The van der Waals surface area contributed by atoms with Crippen molar-refractivity contribution in [3.05, 3.63) is 29.8 Å². The van der Waals surface area contributed by atoms with Gasteiger partial charge in [-0.25, -0.2) is 8.78 Å². The van der Waals surface area contributed by atoms with Crippen molar-refractivity contribution in [2.45, 2.75) is 24.5 Å². The van der Waals surface area contributed by atoms with E-state index in [-0.39, 0.29) is 18.0 Å². The molecule has 1 aromatic carbocycles. The van der Waals surface area contributed by atoms with Crippen LogP contribution in [0.3, 0.4) is 0 Å². The van der Waals surface area contributed by atoms with Crippen molar-refractivity contribution in [3.63, 3.8) is 0 Å². The number of amides is 2. The normalized spacial score (nSPS) is 20.8. The van der Waals surface area contributed by atoms with Crippen molar-refractivity contribution in [2.75, 3.05) is 18.4 Å². The highest BCUT2D eigenvalue weighted by atomic mass is 32.2.